The molecule has 1 aromatic carbocycles. The van der Waals surface area contributed by atoms with Gasteiger partial charge in [0, 0.05) is 30.4 Å². The van der Waals surface area contributed by atoms with Gasteiger partial charge in [-0.2, -0.15) is 5.10 Å². The standard InChI is InChI=1S/C18H19N5O2/c1-10-16-14(18(25)23-7-6-12(19)9-23)8-15(20-17(16)22-21-10)11-2-4-13(24)5-3-11/h2-5,8,12,24H,6-7,9,19H2,1H3,(H,20,21,22)/t12-/m0/s1. The number of likely N-dealkylation sites (tertiary alicyclic amines) is 1. The molecular formula is C18H19N5O2. The van der Waals surface area contributed by atoms with Gasteiger partial charge in [-0.05, 0) is 43.7 Å². The number of carbonyl (C=O) groups excluding carboxylic acids is 1. The maximum atomic E-state index is 13.1. The van der Waals surface area contributed by atoms with E-state index in [9.17, 15) is 9.90 Å². The average molecular weight is 337 g/mol. The van der Waals surface area contributed by atoms with Gasteiger partial charge in [0.15, 0.2) is 5.65 Å². The lowest BCUT2D eigenvalue weighted by molar-refractivity contribution is 0.0792. The first kappa shape index (κ1) is 15.6. The Labute approximate surface area is 144 Å². The molecule has 4 rings (SSSR count). The number of carbonyl (C=O) groups is 1. The summed E-state index contributed by atoms with van der Waals surface area (Å²) >= 11 is 0. The van der Waals surface area contributed by atoms with Crippen molar-refractivity contribution in [3.63, 3.8) is 0 Å². The fourth-order valence-electron chi connectivity index (χ4n) is 3.27. The summed E-state index contributed by atoms with van der Waals surface area (Å²) in [5.74, 6) is 0.132. The minimum Gasteiger partial charge on any atom is -0.508 e. The largest absolute Gasteiger partial charge is 0.508 e. The van der Waals surface area contributed by atoms with Crippen molar-refractivity contribution in [2.24, 2.45) is 5.73 Å². The van der Waals surface area contributed by atoms with Crippen LogP contribution in [0.2, 0.25) is 0 Å². The lowest BCUT2D eigenvalue weighted by atomic mass is 10.0. The second-order valence-corrected chi connectivity index (χ2v) is 6.45. The summed E-state index contributed by atoms with van der Waals surface area (Å²) < 4.78 is 0. The van der Waals surface area contributed by atoms with E-state index in [2.05, 4.69) is 15.2 Å². The van der Waals surface area contributed by atoms with Gasteiger partial charge < -0.3 is 15.7 Å². The third kappa shape index (κ3) is 2.72. The second-order valence-electron chi connectivity index (χ2n) is 6.45. The Balaban J connectivity index is 1.85. The normalized spacial score (nSPS) is 17.4. The van der Waals surface area contributed by atoms with Crippen molar-refractivity contribution in [3.05, 3.63) is 41.6 Å². The molecule has 1 atom stereocenters. The molecule has 0 aliphatic carbocycles. The minimum absolute atomic E-state index is 0.0308. The van der Waals surface area contributed by atoms with Crippen LogP contribution in [0.1, 0.15) is 22.5 Å². The number of rotatable bonds is 2. The Hall–Kier alpha value is -2.93. The van der Waals surface area contributed by atoms with E-state index in [-0.39, 0.29) is 17.7 Å². The van der Waals surface area contributed by atoms with E-state index in [0.717, 1.165) is 23.1 Å². The number of hydrogen-bond acceptors (Lipinski definition) is 5. The van der Waals surface area contributed by atoms with Crippen LogP contribution in [0.25, 0.3) is 22.3 Å². The van der Waals surface area contributed by atoms with Crippen molar-refractivity contribution in [2.45, 2.75) is 19.4 Å². The van der Waals surface area contributed by atoms with Crippen molar-refractivity contribution in [1.29, 1.82) is 0 Å². The number of aromatic nitrogens is 3. The van der Waals surface area contributed by atoms with Crippen LogP contribution in [0.4, 0.5) is 0 Å². The smallest absolute Gasteiger partial charge is 0.254 e. The number of phenols is 1. The number of pyridine rings is 1. The van der Waals surface area contributed by atoms with Gasteiger partial charge >= 0.3 is 0 Å². The Morgan fingerprint density at radius 3 is 2.80 bits per heavy atom. The second kappa shape index (κ2) is 5.86. The number of aromatic amines is 1. The van der Waals surface area contributed by atoms with Crippen LogP contribution in [0.3, 0.4) is 0 Å². The highest BCUT2D eigenvalue weighted by Gasteiger charge is 2.27. The van der Waals surface area contributed by atoms with Gasteiger partial charge in [-0.15, -0.1) is 0 Å². The van der Waals surface area contributed by atoms with E-state index < -0.39 is 0 Å². The number of nitrogens with zero attached hydrogens (tertiary/aromatic N) is 3. The Kier molecular flexibility index (Phi) is 3.65. The first-order valence-electron chi connectivity index (χ1n) is 8.23. The SMILES string of the molecule is Cc1[nH]nc2nc(-c3ccc(O)cc3)cc(C(=O)N3CC[C@H](N)C3)c12. The lowest BCUT2D eigenvalue weighted by Crippen LogP contribution is -2.32. The van der Waals surface area contributed by atoms with Crippen molar-refractivity contribution in [2.75, 3.05) is 13.1 Å². The molecule has 25 heavy (non-hydrogen) atoms. The van der Waals surface area contributed by atoms with Gasteiger partial charge in [-0.3, -0.25) is 9.89 Å². The number of nitrogens with one attached hydrogen (secondary N) is 1. The van der Waals surface area contributed by atoms with Crippen LogP contribution < -0.4 is 5.73 Å². The number of fused-ring (bicyclic) bond motifs is 1. The quantitative estimate of drug-likeness (QED) is 0.661. The fraction of sp³-hybridized carbons (Fsp3) is 0.278. The Morgan fingerprint density at radius 2 is 2.12 bits per heavy atom. The van der Waals surface area contributed by atoms with Crippen LogP contribution in [0, 0.1) is 6.92 Å². The molecule has 1 amide bonds. The zero-order chi connectivity index (χ0) is 17.6. The maximum absolute atomic E-state index is 13.1. The van der Waals surface area contributed by atoms with Crippen molar-refractivity contribution in [1.82, 2.24) is 20.1 Å². The van der Waals surface area contributed by atoms with Crippen LogP contribution >= 0.6 is 0 Å². The van der Waals surface area contributed by atoms with Crippen molar-refractivity contribution < 1.29 is 9.90 Å². The molecule has 3 heterocycles. The monoisotopic (exact) mass is 337 g/mol. The molecular weight excluding hydrogens is 318 g/mol. The molecule has 7 nitrogen and oxygen atoms in total. The summed E-state index contributed by atoms with van der Waals surface area (Å²) in [6.45, 7) is 3.10. The molecule has 0 unspecified atom stereocenters. The topological polar surface area (TPSA) is 108 Å². The summed E-state index contributed by atoms with van der Waals surface area (Å²) in [4.78, 5) is 19.4. The number of hydrogen-bond donors (Lipinski definition) is 3. The summed E-state index contributed by atoms with van der Waals surface area (Å²) in [6, 6.07) is 8.55. The zero-order valence-corrected chi connectivity index (χ0v) is 13.9. The third-order valence-corrected chi connectivity index (χ3v) is 4.61. The summed E-state index contributed by atoms with van der Waals surface area (Å²) in [5.41, 5.74) is 9.31. The number of amides is 1. The van der Waals surface area contributed by atoms with E-state index in [4.69, 9.17) is 5.73 Å². The first-order chi connectivity index (χ1) is 12.0. The van der Waals surface area contributed by atoms with Gasteiger partial charge in [0.25, 0.3) is 5.91 Å². The first-order valence-corrected chi connectivity index (χ1v) is 8.23. The molecule has 3 aromatic rings. The van der Waals surface area contributed by atoms with Gasteiger partial charge in [0.05, 0.1) is 16.6 Å². The number of aryl methyl sites for hydroxylation is 1. The highest BCUT2D eigenvalue weighted by molar-refractivity contribution is 6.07. The molecule has 1 aliphatic heterocycles. The van der Waals surface area contributed by atoms with E-state index in [1.807, 2.05) is 6.92 Å². The molecule has 0 radical (unpaired) electrons. The van der Waals surface area contributed by atoms with E-state index in [1.54, 1.807) is 35.2 Å². The predicted molar refractivity (Wildman–Crippen MR) is 94.2 cm³/mol. The van der Waals surface area contributed by atoms with Crippen LogP contribution in [0.15, 0.2) is 30.3 Å². The molecule has 1 saturated heterocycles. The third-order valence-electron chi connectivity index (χ3n) is 4.61. The van der Waals surface area contributed by atoms with Crippen LogP contribution in [-0.4, -0.2) is 50.2 Å². The van der Waals surface area contributed by atoms with E-state index >= 15 is 0 Å². The van der Waals surface area contributed by atoms with Gasteiger partial charge in [-0.1, -0.05) is 0 Å². The van der Waals surface area contributed by atoms with E-state index in [0.29, 0.717) is 30.0 Å². The number of nitrogens with two attached hydrogens (primary N) is 1. The molecule has 0 spiro atoms. The molecule has 0 bridgehead atoms. The molecule has 0 saturated carbocycles. The number of aromatic hydroxyl groups is 1. The number of H-pyrrole nitrogens is 1. The molecule has 1 aliphatic rings. The molecule has 128 valence electrons. The van der Waals surface area contributed by atoms with Gasteiger partial charge in [0.2, 0.25) is 0 Å². The lowest BCUT2D eigenvalue weighted by Gasteiger charge is -2.17. The highest BCUT2D eigenvalue weighted by atomic mass is 16.3. The molecule has 2 aromatic heterocycles. The average Bonchev–Trinajstić information content (AvgIpc) is 3.20. The minimum atomic E-state index is -0.0510. The number of benzene rings is 1. The Bertz CT molecular complexity index is 948. The van der Waals surface area contributed by atoms with Crippen LogP contribution in [0.5, 0.6) is 5.75 Å². The summed E-state index contributed by atoms with van der Waals surface area (Å²) in [6.07, 6.45) is 0.815. The van der Waals surface area contributed by atoms with Gasteiger partial charge in [-0.25, -0.2) is 4.98 Å². The predicted octanol–water partition coefficient (Wildman–Crippen LogP) is 1.81. The summed E-state index contributed by atoms with van der Waals surface area (Å²) in [5, 5.41) is 17.4. The highest BCUT2D eigenvalue weighted by Crippen LogP contribution is 2.28. The van der Waals surface area contributed by atoms with Gasteiger partial charge in [0.1, 0.15) is 5.75 Å². The Morgan fingerprint density at radius 1 is 1.36 bits per heavy atom. The van der Waals surface area contributed by atoms with Crippen molar-refractivity contribution in [3.8, 4) is 17.0 Å². The fourth-order valence-corrected chi connectivity index (χ4v) is 3.27. The van der Waals surface area contributed by atoms with Crippen LogP contribution in [-0.2, 0) is 0 Å². The summed E-state index contributed by atoms with van der Waals surface area (Å²) in [7, 11) is 0. The molecule has 4 N–H and O–H groups in total. The van der Waals surface area contributed by atoms with E-state index in [1.165, 1.54) is 0 Å². The zero-order valence-electron chi connectivity index (χ0n) is 13.9. The molecule has 7 heteroatoms. The number of phenolic OH excluding ortho intramolecular Hbond substituents is 1. The maximum Gasteiger partial charge on any atom is 0.254 e. The molecule has 1 fully saturated rings. The van der Waals surface area contributed by atoms with Crippen molar-refractivity contribution >= 4 is 16.9 Å².